The zero-order valence-electron chi connectivity index (χ0n) is 9.73. The van der Waals surface area contributed by atoms with Crippen LogP contribution in [0.5, 0.6) is 0 Å². The Hall–Kier alpha value is -2.10. The smallest absolute Gasteiger partial charge is 0.172 e. The Kier molecular flexibility index (Phi) is 3.23. The number of rotatable bonds is 4. The van der Waals surface area contributed by atoms with Crippen molar-refractivity contribution in [1.29, 1.82) is 0 Å². The quantitative estimate of drug-likeness (QED) is 0.787. The zero-order chi connectivity index (χ0) is 12.3. The Labute approximate surface area is 99.8 Å². The van der Waals surface area contributed by atoms with Crippen LogP contribution < -0.4 is 5.73 Å². The average molecular weight is 229 g/mol. The van der Waals surface area contributed by atoms with Crippen LogP contribution in [0.2, 0.25) is 0 Å². The summed E-state index contributed by atoms with van der Waals surface area (Å²) in [6.07, 6.45) is 2.83. The molecular weight excluding hydrogens is 214 g/mol. The fraction of sp³-hybridized carbons (Fsp3) is 0.231. The van der Waals surface area contributed by atoms with Crippen LogP contribution in [0.4, 0.5) is 5.82 Å². The van der Waals surface area contributed by atoms with Gasteiger partial charge < -0.3 is 5.73 Å². The number of aryl methyl sites for hydroxylation is 1. The summed E-state index contributed by atoms with van der Waals surface area (Å²) in [4.78, 5) is 11.9. The highest BCUT2D eigenvalue weighted by molar-refractivity contribution is 6.00. The van der Waals surface area contributed by atoms with E-state index in [-0.39, 0.29) is 5.78 Å². The maximum atomic E-state index is 11.9. The van der Waals surface area contributed by atoms with Crippen molar-refractivity contribution in [3.8, 4) is 0 Å². The molecular formula is C13H15N3O. The molecule has 0 atom stereocenters. The van der Waals surface area contributed by atoms with E-state index in [4.69, 9.17) is 5.73 Å². The summed E-state index contributed by atoms with van der Waals surface area (Å²) in [6.45, 7) is 2.10. The normalized spacial score (nSPS) is 10.4. The van der Waals surface area contributed by atoms with Gasteiger partial charge in [0, 0.05) is 6.42 Å². The van der Waals surface area contributed by atoms with Crippen molar-refractivity contribution in [1.82, 2.24) is 10.2 Å². The molecule has 88 valence electrons. The van der Waals surface area contributed by atoms with E-state index in [0.29, 0.717) is 17.8 Å². The molecule has 0 saturated heterocycles. The van der Waals surface area contributed by atoms with E-state index in [1.807, 2.05) is 24.3 Å². The Morgan fingerprint density at radius 2 is 1.94 bits per heavy atom. The number of Topliss-reactive ketones (excluding diaryl/α,β-unsaturated/α-hetero) is 1. The van der Waals surface area contributed by atoms with Crippen LogP contribution in [0.3, 0.4) is 0 Å². The minimum Gasteiger partial charge on any atom is -0.383 e. The highest BCUT2D eigenvalue weighted by Gasteiger charge is 2.11. The van der Waals surface area contributed by atoms with Gasteiger partial charge in [0.1, 0.15) is 5.82 Å². The van der Waals surface area contributed by atoms with Crippen LogP contribution in [0.15, 0.2) is 30.5 Å². The van der Waals surface area contributed by atoms with Crippen LogP contribution in [-0.2, 0) is 12.8 Å². The van der Waals surface area contributed by atoms with E-state index in [0.717, 1.165) is 12.0 Å². The lowest BCUT2D eigenvalue weighted by atomic mass is 10.0. The summed E-state index contributed by atoms with van der Waals surface area (Å²) in [7, 11) is 0. The number of nitrogens with zero attached hydrogens (tertiary/aromatic N) is 1. The average Bonchev–Trinajstić information content (AvgIpc) is 2.76. The largest absolute Gasteiger partial charge is 0.383 e. The summed E-state index contributed by atoms with van der Waals surface area (Å²) in [5.41, 5.74) is 8.33. The minimum absolute atomic E-state index is 0.0134. The molecule has 0 saturated carbocycles. The van der Waals surface area contributed by atoms with Gasteiger partial charge in [-0.25, -0.2) is 0 Å². The molecule has 0 unspecified atom stereocenters. The van der Waals surface area contributed by atoms with Crippen molar-refractivity contribution in [3.63, 3.8) is 0 Å². The first-order valence-corrected chi connectivity index (χ1v) is 5.60. The summed E-state index contributed by atoms with van der Waals surface area (Å²) < 4.78 is 0. The molecule has 1 aromatic heterocycles. The molecule has 4 heteroatoms. The second-order valence-corrected chi connectivity index (χ2v) is 3.97. The van der Waals surface area contributed by atoms with Gasteiger partial charge in [-0.15, -0.1) is 0 Å². The number of aromatic nitrogens is 2. The molecule has 0 bridgehead atoms. The van der Waals surface area contributed by atoms with Crippen LogP contribution >= 0.6 is 0 Å². The molecule has 3 N–H and O–H groups in total. The molecule has 2 rings (SSSR count). The van der Waals surface area contributed by atoms with Gasteiger partial charge in [0.05, 0.1) is 11.8 Å². The Morgan fingerprint density at radius 1 is 1.29 bits per heavy atom. The number of carbonyl (C=O) groups is 1. The summed E-state index contributed by atoms with van der Waals surface area (Å²) in [6, 6.07) is 8.04. The van der Waals surface area contributed by atoms with Crippen molar-refractivity contribution in [2.75, 3.05) is 5.73 Å². The van der Waals surface area contributed by atoms with Gasteiger partial charge in [-0.2, -0.15) is 5.10 Å². The van der Waals surface area contributed by atoms with Gasteiger partial charge in [-0.1, -0.05) is 31.2 Å². The molecule has 0 aliphatic carbocycles. The second kappa shape index (κ2) is 4.82. The molecule has 1 aromatic carbocycles. The van der Waals surface area contributed by atoms with Crippen molar-refractivity contribution in [2.24, 2.45) is 0 Å². The van der Waals surface area contributed by atoms with Gasteiger partial charge in [0.2, 0.25) is 0 Å². The van der Waals surface area contributed by atoms with Gasteiger partial charge in [0.15, 0.2) is 5.78 Å². The van der Waals surface area contributed by atoms with E-state index in [9.17, 15) is 4.79 Å². The standard InChI is InChI=1S/C13H15N3O/c1-2-9-3-5-10(6-4-9)7-12(17)11-8-15-16-13(11)14/h3-6,8H,2,7H2,1H3,(H3,14,15,16). The van der Waals surface area contributed by atoms with Gasteiger partial charge in [-0.3, -0.25) is 9.89 Å². The molecule has 0 aliphatic heterocycles. The van der Waals surface area contributed by atoms with Crippen molar-refractivity contribution in [2.45, 2.75) is 19.8 Å². The number of ketones is 1. The van der Waals surface area contributed by atoms with Crippen LogP contribution in [-0.4, -0.2) is 16.0 Å². The molecule has 17 heavy (non-hydrogen) atoms. The van der Waals surface area contributed by atoms with E-state index in [2.05, 4.69) is 17.1 Å². The summed E-state index contributed by atoms with van der Waals surface area (Å²) >= 11 is 0. The number of nitrogens with one attached hydrogen (secondary N) is 1. The first-order valence-electron chi connectivity index (χ1n) is 5.60. The third kappa shape index (κ3) is 2.53. The first kappa shape index (κ1) is 11.4. The molecule has 0 spiro atoms. The van der Waals surface area contributed by atoms with Crippen molar-refractivity contribution in [3.05, 3.63) is 47.2 Å². The van der Waals surface area contributed by atoms with Crippen LogP contribution in [0.25, 0.3) is 0 Å². The number of anilines is 1. The lowest BCUT2D eigenvalue weighted by molar-refractivity contribution is 0.0994. The Bertz CT molecular complexity index is 514. The number of hydrogen-bond donors (Lipinski definition) is 2. The van der Waals surface area contributed by atoms with Crippen molar-refractivity contribution >= 4 is 11.6 Å². The first-order chi connectivity index (χ1) is 8.20. The maximum absolute atomic E-state index is 11.9. The topological polar surface area (TPSA) is 71.8 Å². The van der Waals surface area contributed by atoms with E-state index in [1.54, 1.807) is 0 Å². The molecule has 1 heterocycles. The van der Waals surface area contributed by atoms with Crippen LogP contribution in [0, 0.1) is 0 Å². The third-order valence-electron chi connectivity index (χ3n) is 2.77. The molecule has 4 nitrogen and oxygen atoms in total. The van der Waals surface area contributed by atoms with Gasteiger partial charge in [-0.05, 0) is 17.5 Å². The van der Waals surface area contributed by atoms with E-state index in [1.165, 1.54) is 11.8 Å². The summed E-state index contributed by atoms with van der Waals surface area (Å²) in [5.74, 6) is 0.320. The highest BCUT2D eigenvalue weighted by atomic mass is 16.1. The molecule has 0 fully saturated rings. The number of H-pyrrole nitrogens is 1. The maximum Gasteiger partial charge on any atom is 0.172 e. The van der Waals surface area contributed by atoms with Gasteiger partial charge >= 0.3 is 0 Å². The zero-order valence-corrected chi connectivity index (χ0v) is 9.73. The third-order valence-corrected chi connectivity index (χ3v) is 2.77. The lowest BCUT2D eigenvalue weighted by Gasteiger charge is -2.02. The fourth-order valence-electron chi connectivity index (χ4n) is 1.69. The molecule has 0 amide bonds. The Morgan fingerprint density at radius 3 is 2.47 bits per heavy atom. The molecule has 0 radical (unpaired) electrons. The number of carbonyl (C=O) groups excluding carboxylic acids is 1. The van der Waals surface area contributed by atoms with E-state index < -0.39 is 0 Å². The van der Waals surface area contributed by atoms with Crippen LogP contribution in [0.1, 0.15) is 28.4 Å². The van der Waals surface area contributed by atoms with Gasteiger partial charge in [0.25, 0.3) is 0 Å². The SMILES string of the molecule is CCc1ccc(CC(=O)c2cn[nH]c2N)cc1. The number of nitrogens with two attached hydrogens (primary N) is 1. The number of benzene rings is 1. The predicted molar refractivity (Wildman–Crippen MR) is 66.9 cm³/mol. The number of aromatic amines is 1. The molecule has 2 aromatic rings. The number of hydrogen-bond acceptors (Lipinski definition) is 3. The lowest BCUT2D eigenvalue weighted by Crippen LogP contribution is -2.05. The highest BCUT2D eigenvalue weighted by Crippen LogP contribution is 2.12. The van der Waals surface area contributed by atoms with E-state index >= 15 is 0 Å². The van der Waals surface area contributed by atoms with Crippen molar-refractivity contribution < 1.29 is 4.79 Å². The Balaban J connectivity index is 2.10. The monoisotopic (exact) mass is 229 g/mol. The fourth-order valence-corrected chi connectivity index (χ4v) is 1.69. The summed E-state index contributed by atoms with van der Waals surface area (Å²) in [5, 5.41) is 6.30. The second-order valence-electron chi connectivity index (χ2n) is 3.97. The predicted octanol–water partition coefficient (Wildman–Crippen LogP) is 1.98. The minimum atomic E-state index is -0.0134. The molecule has 0 aliphatic rings. The number of nitrogen functional groups attached to an aromatic ring is 1.